The third kappa shape index (κ3) is 5.61. The second-order valence-electron chi connectivity index (χ2n) is 18.3. The summed E-state index contributed by atoms with van der Waals surface area (Å²) in [7, 11) is 0. The van der Waals surface area contributed by atoms with Gasteiger partial charge in [0.25, 0.3) is 0 Å². The van der Waals surface area contributed by atoms with E-state index in [4.69, 9.17) is 19.4 Å². The molecule has 0 amide bonds. The van der Waals surface area contributed by atoms with Gasteiger partial charge in [-0.1, -0.05) is 109 Å². The molecule has 0 atom stereocenters. The minimum Gasteiger partial charge on any atom is -0.455 e. The van der Waals surface area contributed by atoms with Crippen LogP contribution < -0.4 is 0 Å². The third-order valence-corrected chi connectivity index (χ3v) is 16.7. The van der Waals surface area contributed by atoms with Crippen LogP contribution in [0.4, 0.5) is 0 Å². The first-order valence-electron chi connectivity index (χ1n) is 23.5. The molecule has 16 rings (SSSR count). The Labute approximate surface area is 406 Å². The Morgan fingerprint density at radius 1 is 0.343 bits per heavy atom. The van der Waals surface area contributed by atoms with Crippen molar-refractivity contribution in [3.8, 4) is 39.9 Å². The average molecular weight is 927 g/mol. The van der Waals surface area contributed by atoms with E-state index < -0.39 is 0 Å². The molecule has 11 aromatic carbocycles. The second-order valence-corrected chi connectivity index (χ2v) is 20.5. The lowest BCUT2D eigenvalue weighted by atomic mass is 9.99. The summed E-state index contributed by atoms with van der Waals surface area (Å²) in [6.45, 7) is 0. The van der Waals surface area contributed by atoms with E-state index in [-0.39, 0.29) is 0 Å². The van der Waals surface area contributed by atoms with E-state index in [1.165, 1.54) is 72.7 Å². The molecule has 0 aliphatic rings. The summed E-state index contributed by atoms with van der Waals surface area (Å²) in [5.41, 5.74) is 7.63. The predicted octanol–water partition coefficient (Wildman–Crippen LogP) is 18.1. The van der Waals surface area contributed by atoms with Crippen molar-refractivity contribution in [1.82, 2.24) is 19.5 Å². The average Bonchev–Trinajstić information content (AvgIpc) is 4.18. The zero-order chi connectivity index (χ0) is 45.6. The van der Waals surface area contributed by atoms with Crippen LogP contribution in [0.2, 0.25) is 0 Å². The lowest BCUT2D eigenvalue weighted by molar-refractivity contribution is 0.670. The number of furan rings is 1. The largest absolute Gasteiger partial charge is 0.455 e. The Morgan fingerprint density at radius 2 is 0.843 bits per heavy atom. The van der Waals surface area contributed by atoms with Crippen LogP contribution in [-0.2, 0) is 0 Å². The highest BCUT2D eigenvalue weighted by Gasteiger charge is 2.23. The molecule has 0 saturated carbocycles. The van der Waals surface area contributed by atoms with Gasteiger partial charge in [-0.05, 0) is 129 Å². The van der Waals surface area contributed by atoms with Crippen LogP contribution in [0.1, 0.15) is 0 Å². The van der Waals surface area contributed by atoms with E-state index in [9.17, 15) is 0 Å². The molecule has 324 valence electrons. The maximum atomic E-state index is 6.92. The molecular weight excluding hydrogens is 893 g/mol. The number of benzene rings is 11. The standard InChI is InChI=1S/C63H34N4OS2/c1-3-13-37-33-52-47(28-35(37)11-1)48-29-36-12-2-4-14-38(36)34-53(48)67(52)42-23-24-43-41(27-42)32-51(60-59(43)46-17-5-8-18-54(46)68-60)63-65-61(39-21-25-57-49(30-39)44-15-6-9-19-55(44)69-57)64-62(66-63)40-22-26-58-50(31-40)45-16-7-10-20-56(45)70-58/h1-34H. The van der Waals surface area contributed by atoms with Crippen molar-refractivity contribution in [3.63, 3.8) is 0 Å². The molecule has 0 N–H and O–H groups in total. The van der Waals surface area contributed by atoms with E-state index >= 15 is 0 Å². The molecule has 0 saturated heterocycles. The SMILES string of the molecule is c1ccc2cc3c(cc2c1)c1cc2ccccc2cc1n3-c1ccc2c(c1)cc(-c1nc(-c3ccc4sc5ccccc5c4c3)nc(-c3ccc4sc5ccccc5c4c3)n1)c1oc3ccccc3c12. The van der Waals surface area contributed by atoms with E-state index in [1.807, 2.05) is 28.7 Å². The van der Waals surface area contributed by atoms with E-state index in [1.54, 1.807) is 0 Å². The summed E-state index contributed by atoms with van der Waals surface area (Å²) >= 11 is 3.62. The molecule has 0 fully saturated rings. The highest BCUT2D eigenvalue weighted by molar-refractivity contribution is 7.26. The van der Waals surface area contributed by atoms with Gasteiger partial charge in [0.1, 0.15) is 11.2 Å². The monoisotopic (exact) mass is 926 g/mol. The molecule has 0 aliphatic heterocycles. The van der Waals surface area contributed by atoms with Crippen LogP contribution in [0.3, 0.4) is 0 Å². The Kier molecular flexibility index (Phi) is 7.86. The van der Waals surface area contributed by atoms with Crippen molar-refractivity contribution in [2.24, 2.45) is 0 Å². The lowest BCUT2D eigenvalue weighted by Crippen LogP contribution is -2.01. The fourth-order valence-electron chi connectivity index (χ4n) is 11.1. The second kappa shape index (κ2) is 14.4. The lowest BCUT2D eigenvalue weighted by Gasteiger charge is -2.13. The summed E-state index contributed by atoms with van der Waals surface area (Å²) in [5, 5.41) is 16.4. The minimum atomic E-state index is 0.553. The first kappa shape index (κ1) is 38.2. The van der Waals surface area contributed by atoms with E-state index in [0.29, 0.717) is 17.5 Å². The predicted molar refractivity (Wildman–Crippen MR) is 296 cm³/mol. The van der Waals surface area contributed by atoms with Crippen LogP contribution in [0.5, 0.6) is 0 Å². The first-order valence-corrected chi connectivity index (χ1v) is 25.1. The summed E-state index contributed by atoms with van der Waals surface area (Å²) in [4.78, 5) is 16.2. The molecule has 7 heteroatoms. The number of rotatable bonds is 4. The van der Waals surface area contributed by atoms with E-state index in [2.05, 4.69) is 205 Å². The van der Waals surface area contributed by atoms with Crippen molar-refractivity contribution in [2.75, 3.05) is 0 Å². The number of para-hydroxylation sites is 1. The fraction of sp³-hybridized carbons (Fsp3) is 0. The Bertz CT molecular complexity index is 4690. The van der Waals surface area contributed by atoms with Crippen LogP contribution >= 0.6 is 22.7 Å². The molecule has 5 nitrogen and oxygen atoms in total. The van der Waals surface area contributed by atoms with Gasteiger partial charge in [0.05, 0.1) is 16.6 Å². The van der Waals surface area contributed by atoms with Crippen molar-refractivity contribution in [3.05, 3.63) is 206 Å². The zero-order valence-corrected chi connectivity index (χ0v) is 38.8. The Morgan fingerprint density at radius 3 is 1.44 bits per heavy atom. The smallest absolute Gasteiger partial charge is 0.167 e. The number of nitrogens with zero attached hydrogens (tertiary/aromatic N) is 4. The summed E-state index contributed by atoms with van der Waals surface area (Å²) in [6, 6.07) is 74.6. The Balaban J connectivity index is 0.975. The number of hydrogen-bond acceptors (Lipinski definition) is 6. The van der Waals surface area contributed by atoms with Crippen LogP contribution in [0, 0.1) is 0 Å². The normalized spacial score (nSPS) is 12.3. The number of fused-ring (bicyclic) bond motifs is 16. The van der Waals surface area contributed by atoms with Crippen molar-refractivity contribution in [2.45, 2.75) is 0 Å². The van der Waals surface area contributed by atoms with Gasteiger partial charge in [-0.15, -0.1) is 22.7 Å². The maximum absolute atomic E-state index is 6.92. The first-order chi connectivity index (χ1) is 34.6. The number of thiophene rings is 2. The number of aromatic nitrogens is 4. The molecule has 16 aromatic rings. The fourth-order valence-corrected chi connectivity index (χ4v) is 13.2. The van der Waals surface area contributed by atoms with Gasteiger partial charge >= 0.3 is 0 Å². The topological polar surface area (TPSA) is 56.7 Å². The number of hydrogen-bond donors (Lipinski definition) is 0. The van der Waals surface area contributed by atoms with Gasteiger partial charge in [0.2, 0.25) is 0 Å². The molecule has 5 aromatic heterocycles. The van der Waals surface area contributed by atoms with Crippen molar-refractivity contribution >= 4 is 139 Å². The van der Waals surface area contributed by atoms with Gasteiger partial charge in [0.15, 0.2) is 17.5 Å². The quantitative estimate of drug-likeness (QED) is 0.176. The summed E-state index contributed by atoms with van der Waals surface area (Å²) in [6.07, 6.45) is 0. The molecule has 5 heterocycles. The van der Waals surface area contributed by atoms with Crippen molar-refractivity contribution < 1.29 is 4.42 Å². The van der Waals surface area contributed by atoms with Gasteiger partial charge in [-0.25, -0.2) is 15.0 Å². The highest BCUT2D eigenvalue weighted by atomic mass is 32.1. The third-order valence-electron chi connectivity index (χ3n) is 14.3. The van der Waals surface area contributed by atoms with Gasteiger partial charge in [-0.3, -0.25) is 0 Å². The summed E-state index contributed by atoms with van der Waals surface area (Å²) in [5.74, 6) is 1.77. The van der Waals surface area contributed by atoms with Gasteiger partial charge < -0.3 is 8.98 Å². The van der Waals surface area contributed by atoms with Crippen molar-refractivity contribution in [1.29, 1.82) is 0 Å². The maximum Gasteiger partial charge on any atom is 0.167 e. The van der Waals surface area contributed by atoms with Crippen LogP contribution in [-0.4, -0.2) is 19.5 Å². The molecule has 0 spiro atoms. The Hall–Kier alpha value is -8.75. The van der Waals surface area contributed by atoms with E-state index in [0.717, 1.165) is 66.1 Å². The minimum absolute atomic E-state index is 0.553. The highest BCUT2D eigenvalue weighted by Crippen LogP contribution is 2.44. The molecule has 0 unspecified atom stereocenters. The molecular formula is C63H34N4OS2. The molecule has 70 heavy (non-hydrogen) atoms. The molecule has 0 radical (unpaired) electrons. The van der Waals surface area contributed by atoms with Gasteiger partial charge in [-0.2, -0.15) is 0 Å². The van der Waals surface area contributed by atoms with Crippen LogP contribution in [0.25, 0.3) is 156 Å². The van der Waals surface area contributed by atoms with Gasteiger partial charge in [0, 0.05) is 78.7 Å². The van der Waals surface area contributed by atoms with Crippen LogP contribution in [0.15, 0.2) is 211 Å². The molecule has 0 aliphatic carbocycles. The zero-order valence-electron chi connectivity index (χ0n) is 37.1. The summed E-state index contributed by atoms with van der Waals surface area (Å²) < 4.78 is 14.3. The molecule has 0 bridgehead atoms.